The molecule has 1 fully saturated rings. The first kappa shape index (κ1) is 22.6. The standard InChI is InChI=1S/C26H28N2O5/c1-31-23-12-11-18(15-24(23)32-2)22-16-20(19-9-5-6-10-21(19)27-22)26(30)33-17-25(29)28-13-7-3-4-8-14-28/h5-6,9-12,15-16H,3-4,7-8,13-14,17H2,1-2H3. The Morgan fingerprint density at radius 1 is 0.909 bits per heavy atom. The van der Waals surface area contributed by atoms with Crippen molar-refractivity contribution in [2.45, 2.75) is 25.7 Å². The molecule has 2 aromatic carbocycles. The monoisotopic (exact) mass is 448 g/mol. The van der Waals surface area contributed by atoms with Gasteiger partial charge in [0.2, 0.25) is 0 Å². The van der Waals surface area contributed by atoms with Crippen LogP contribution in [0.2, 0.25) is 0 Å². The van der Waals surface area contributed by atoms with Crippen LogP contribution in [0.3, 0.4) is 0 Å². The van der Waals surface area contributed by atoms with Crippen LogP contribution in [0.5, 0.6) is 11.5 Å². The molecule has 4 rings (SSSR count). The predicted octanol–water partition coefficient (Wildman–Crippen LogP) is 4.48. The summed E-state index contributed by atoms with van der Waals surface area (Å²) >= 11 is 0. The van der Waals surface area contributed by atoms with Crippen molar-refractivity contribution in [1.29, 1.82) is 0 Å². The van der Waals surface area contributed by atoms with Crippen LogP contribution in [0, 0.1) is 0 Å². The lowest BCUT2D eigenvalue weighted by atomic mass is 10.0. The van der Waals surface area contributed by atoms with E-state index in [1.165, 1.54) is 0 Å². The fourth-order valence-electron chi connectivity index (χ4n) is 4.10. The van der Waals surface area contributed by atoms with Crippen molar-refractivity contribution < 1.29 is 23.8 Å². The fraction of sp³-hybridized carbons (Fsp3) is 0.346. The molecule has 0 bridgehead atoms. The molecule has 0 atom stereocenters. The molecule has 2 heterocycles. The van der Waals surface area contributed by atoms with Gasteiger partial charge in [0.1, 0.15) is 0 Å². The van der Waals surface area contributed by atoms with Gasteiger partial charge in [0, 0.05) is 24.0 Å². The summed E-state index contributed by atoms with van der Waals surface area (Å²) < 4.78 is 16.2. The van der Waals surface area contributed by atoms with Gasteiger partial charge in [0.25, 0.3) is 5.91 Å². The number of pyridine rings is 1. The maximum atomic E-state index is 13.1. The zero-order valence-corrected chi connectivity index (χ0v) is 19.0. The summed E-state index contributed by atoms with van der Waals surface area (Å²) in [6, 6.07) is 14.5. The van der Waals surface area contributed by atoms with Crippen LogP contribution in [-0.4, -0.2) is 55.7 Å². The number of carbonyl (C=O) groups is 2. The number of hydrogen-bond donors (Lipinski definition) is 0. The molecule has 1 saturated heterocycles. The number of fused-ring (bicyclic) bond motifs is 1. The molecule has 1 amide bonds. The van der Waals surface area contributed by atoms with Crippen molar-refractivity contribution >= 4 is 22.8 Å². The molecule has 0 spiro atoms. The van der Waals surface area contributed by atoms with E-state index < -0.39 is 5.97 Å². The number of ether oxygens (including phenoxy) is 3. The van der Waals surface area contributed by atoms with Gasteiger partial charge >= 0.3 is 5.97 Å². The van der Waals surface area contributed by atoms with E-state index in [2.05, 4.69) is 0 Å². The van der Waals surface area contributed by atoms with Gasteiger partial charge in [-0.15, -0.1) is 0 Å². The molecule has 0 N–H and O–H groups in total. The molecule has 7 heteroatoms. The second kappa shape index (κ2) is 10.3. The van der Waals surface area contributed by atoms with E-state index in [0.29, 0.717) is 33.7 Å². The number of aromatic nitrogens is 1. The summed E-state index contributed by atoms with van der Waals surface area (Å²) in [5.74, 6) is 0.480. The number of nitrogens with zero attached hydrogens (tertiary/aromatic N) is 2. The number of likely N-dealkylation sites (tertiary alicyclic amines) is 1. The molecule has 1 aliphatic rings. The highest BCUT2D eigenvalue weighted by Crippen LogP contribution is 2.33. The lowest BCUT2D eigenvalue weighted by Crippen LogP contribution is -2.35. The number of esters is 1. The second-order valence-electron chi connectivity index (χ2n) is 8.01. The van der Waals surface area contributed by atoms with Crippen LogP contribution in [0.25, 0.3) is 22.2 Å². The van der Waals surface area contributed by atoms with E-state index in [0.717, 1.165) is 44.3 Å². The van der Waals surface area contributed by atoms with E-state index in [9.17, 15) is 9.59 Å². The molecule has 0 unspecified atom stereocenters. The van der Waals surface area contributed by atoms with Crippen LogP contribution in [0.4, 0.5) is 0 Å². The molecule has 0 aliphatic carbocycles. The van der Waals surface area contributed by atoms with Crippen LogP contribution in [-0.2, 0) is 9.53 Å². The molecule has 1 aromatic heterocycles. The number of rotatable bonds is 6. The van der Waals surface area contributed by atoms with Crippen molar-refractivity contribution in [3.63, 3.8) is 0 Å². The van der Waals surface area contributed by atoms with Gasteiger partial charge in [0.05, 0.1) is 31.0 Å². The third-order valence-electron chi connectivity index (χ3n) is 5.90. The van der Waals surface area contributed by atoms with Gasteiger partial charge in [-0.2, -0.15) is 0 Å². The van der Waals surface area contributed by atoms with Crippen molar-refractivity contribution in [3.05, 3.63) is 54.1 Å². The van der Waals surface area contributed by atoms with Crippen molar-refractivity contribution in [3.8, 4) is 22.8 Å². The van der Waals surface area contributed by atoms with E-state index in [1.807, 2.05) is 36.4 Å². The summed E-state index contributed by atoms with van der Waals surface area (Å²) in [7, 11) is 3.15. The first-order valence-corrected chi connectivity index (χ1v) is 11.2. The molecule has 0 saturated carbocycles. The highest BCUT2D eigenvalue weighted by atomic mass is 16.5. The van der Waals surface area contributed by atoms with Gasteiger partial charge in [0.15, 0.2) is 18.1 Å². The molecule has 172 valence electrons. The van der Waals surface area contributed by atoms with Crippen LogP contribution in [0.1, 0.15) is 36.0 Å². The Balaban J connectivity index is 1.61. The predicted molar refractivity (Wildman–Crippen MR) is 126 cm³/mol. The highest BCUT2D eigenvalue weighted by molar-refractivity contribution is 6.05. The molecule has 3 aromatic rings. The molecule has 0 radical (unpaired) electrons. The van der Waals surface area contributed by atoms with Crippen LogP contribution in [0.15, 0.2) is 48.5 Å². The molecule has 33 heavy (non-hydrogen) atoms. The lowest BCUT2D eigenvalue weighted by Gasteiger charge is -2.20. The Bertz CT molecular complexity index is 1150. The van der Waals surface area contributed by atoms with E-state index in [1.54, 1.807) is 31.3 Å². The zero-order valence-electron chi connectivity index (χ0n) is 19.0. The van der Waals surface area contributed by atoms with Gasteiger partial charge in [-0.25, -0.2) is 9.78 Å². The number of methoxy groups -OCH3 is 2. The molecule has 7 nitrogen and oxygen atoms in total. The van der Waals surface area contributed by atoms with E-state index >= 15 is 0 Å². The van der Waals surface area contributed by atoms with Crippen LogP contribution >= 0.6 is 0 Å². The summed E-state index contributed by atoms with van der Waals surface area (Å²) in [6.07, 6.45) is 4.24. The van der Waals surface area contributed by atoms with Crippen molar-refractivity contribution in [2.24, 2.45) is 0 Å². The Labute approximate surface area is 193 Å². The van der Waals surface area contributed by atoms with Gasteiger partial charge < -0.3 is 19.1 Å². The first-order chi connectivity index (χ1) is 16.1. The van der Waals surface area contributed by atoms with Crippen molar-refractivity contribution in [1.82, 2.24) is 9.88 Å². The third-order valence-corrected chi connectivity index (χ3v) is 5.90. The molecular formula is C26H28N2O5. The maximum Gasteiger partial charge on any atom is 0.339 e. The van der Waals surface area contributed by atoms with E-state index in [4.69, 9.17) is 19.2 Å². The summed E-state index contributed by atoms with van der Waals surface area (Å²) in [4.78, 5) is 32.1. The number of benzene rings is 2. The number of amides is 1. The summed E-state index contributed by atoms with van der Waals surface area (Å²) in [6.45, 7) is 1.18. The van der Waals surface area contributed by atoms with Crippen molar-refractivity contribution in [2.75, 3.05) is 33.9 Å². The zero-order chi connectivity index (χ0) is 23.2. The third kappa shape index (κ3) is 5.08. The SMILES string of the molecule is COc1ccc(-c2cc(C(=O)OCC(=O)N3CCCCCC3)c3ccccc3n2)cc1OC. The average molecular weight is 449 g/mol. The number of carbonyl (C=O) groups excluding carboxylic acids is 2. The molecule has 1 aliphatic heterocycles. The number of para-hydroxylation sites is 1. The minimum absolute atomic E-state index is 0.149. The summed E-state index contributed by atoms with van der Waals surface area (Å²) in [5.41, 5.74) is 2.40. The minimum Gasteiger partial charge on any atom is -0.493 e. The summed E-state index contributed by atoms with van der Waals surface area (Å²) in [5, 5.41) is 0.675. The van der Waals surface area contributed by atoms with Gasteiger partial charge in [-0.3, -0.25) is 4.79 Å². The smallest absolute Gasteiger partial charge is 0.339 e. The Morgan fingerprint density at radius 2 is 1.64 bits per heavy atom. The lowest BCUT2D eigenvalue weighted by molar-refractivity contribution is -0.134. The fourth-order valence-corrected chi connectivity index (χ4v) is 4.10. The highest BCUT2D eigenvalue weighted by Gasteiger charge is 2.20. The van der Waals surface area contributed by atoms with Gasteiger partial charge in [-0.1, -0.05) is 31.0 Å². The maximum absolute atomic E-state index is 13.1. The van der Waals surface area contributed by atoms with E-state index in [-0.39, 0.29) is 12.5 Å². The first-order valence-electron chi connectivity index (χ1n) is 11.2. The second-order valence-corrected chi connectivity index (χ2v) is 8.01. The van der Waals surface area contributed by atoms with Gasteiger partial charge in [-0.05, 0) is 43.2 Å². The Kier molecular flexibility index (Phi) is 7.07. The Hall–Kier alpha value is -3.61. The quantitative estimate of drug-likeness (QED) is 0.518. The average Bonchev–Trinajstić information content (AvgIpc) is 3.15. The largest absolute Gasteiger partial charge is 0.493 e. The molecular weight excluding hydrogens is 420 g/mol. The normalized spacial score (nSPS) is 13.9. The van der Waals surface area contributed by atoms with Crippen LogP contribution < -0.4 is 9.47 Å². The Morgan fingerprint density at radius 3 is 2.36 bits per heavy atom. The number of hydrogen-bond acceptors (Lipinski definition) is 6. The minimum atomic E-state index is -0.543. The topological polar surface area (TPSA) is 78.0 Å².